The normalized spacial score (nSPS) is 13.5. The SMILES string of the molecule is CC(=O)N[C@@H](CC(=O)NCCc1ccc2c(c1)OCCO2)c1ccccc1. The second kappa shape index (κ2) is 9.07. The largest absolute Gasteiger partial charge is 0.486 e. The van der Waals surface area contributed by atoms with Gasteiger partial charge in [0.2, 0.25) is 11.8 Å². The van der Waals surface area contributed by atoms with Crippen molar-refractivity contribution in [3.05, 3.63) is 59.7 Å². The van der Waals surface area contributed by atoms with Crippen molar-refractivity contribution in [3.63, 3.8) is 0 Å². The van der Waals surface area contributed by atoms with Crippen molar-refractivity contribution in [2.24, 2.45) is 0 Å². The molecule has 2 aromatic carbocycles. The summed E-state index contributed by atoms with van der Waals surface area (Å²) in [4.78, 5) is 23.8. The first kappa shape index (κ1) is 18.8. The summed E-state index contributed by atoms with van der Waals surface area (Å²) in [5.74, 6) is 1.25. The summed E-state index contributed by atoms with van der Waals surface area (Å²) in [6.07, 6.45) is 0.892. The summed E-state index contributed by atoms with van der Waals surface area (Å²) >= 11 is 0. The number of benzene rings is 2. The Hall–Kier alpha value is -3.02. The lowest BCUT2D eigenvalue weighted by atomic mass is 10.0. The zero-order valence-electron chi connectivity index (χ0n) is 15.4. The van der Waals surface area contributed by atoms with Crippen molar-refractivity contribution in [1.29, 1.82) is 0 Å². The van der Waals surface area contributed by atoms with Crippen LogP contribution in [0.1, 0.15) is 30.5 Å². The van der Waals surface area contributed by atoms with Crippen LogP contribution in [0.2, 0.25) is 0 Å². The molecule has 2 amide bonds. The molecule has 6 heteroatoms. The molecule has 1 aliphatic heterocycles. The van der Waals surface area contributed by atoms with E-state index in [9.17, 15) is 9.59 Å². The fourth-order valence-electron chi connectivity index (χ4n) is 3.03. The van der Waals surface area contributed by atoms with E-state index >= 15 is 0 Å². The first-order valence-electron chi connectivity index (χ1n) is 9.09. The lowest BCUT2D eigenvalue weighted by molar-refractivity contribution is -0.122. The Bertz CT molecular complexity index is 792. The lowest BCUT2D eigenvalue weighted by Crippen LogP contribution is -2.33. The van der Waals surface area contributed by atoms with Crippen LogP contribution < -0.4 is 20.1 Å². The highest BCUT2D eigenvalue weighted by Gasteiger charge is 2.17. The molecule has 0 fully saturated rings. The highest BCUT2D eigenvalue weighted by atomic mass is 16.6. The zero-order valence-corrected chi connectivity index (χ0v) is 15.4. The molecule has 0 saturated carbocycles. The van der Waals surface area contributed by atoms with Crippen LogP contribution in [0.5, 0.6) is 11.5 Å². The summed E-state index contributed by atoms with van der Waals surface area (Å²) in [6.45, 7) is 3.09. The van der Waals surface area contributed by atoms with Gasteiger partial charge in [0.1, 0.15) is 13.2 Å². The van der Waals surface area contributed by atoms with E-state index in [0.29, 0.717) is 26.2 Å². The molecular formula is C21H24N2O4. The maximum atomic E-state index is 12.3. The van der Waals surface area contributed by atoms with E-state index in [1.54, 1.807) is 0 Å². The Morgan fingerprint density at radius 3 is 2.52 bits per heavy atom. The molecule has 142 valence electrons. The van der Waals surface area contributed by atoms with E-state index in [0.717, 1.165) is 22.6 Å². The van der Waals surface area contributed by atoms with Gasteiger partial charge in [-0.3, -0.25) is 9.59 Å². The van der Waals surface area contributed by atoms with Gasteiger partial charge in [-0.1, -0.05) is 36.4 Å². The Balaban J connectivity index is 1.51. The number of carbonyl (C=O) groups is 2. The molecule has 0 saturated heterocycles. The molecule has 0 radical (unpaired) electrons. The van der Waals surface area contributed by atoms with E-state index in [-0.39, 0.29) is 24.3 Å². The average Bonchev–Trinajstić information content (AvgIpc) is 2.68. The van der Waals surface area contributed by atoms with E-state index in [1.807, 2.05) is 48.5 Å². The number of rotatable bonds is 7. The van der Waals surface area contributed by atoms with Crippen molar-refractivity contribution in [2.75, 3.05) is 19.8 Å². The Kier molecular flexibility index (Phi) is 6.30. The van der Waals surface area contributed by atoms with Crippen molar-refractivity contribution < 1.29 is 19.1 Å². The van der Waals surface area contributed by atoms with Crippen LogP contribution in [0.3, 0.4) is 0 Å². The predicted molar refractivity (Wildman–Crippen MR) is 102 cm³/mol. The third-order valence-corrected chi connectivity index (χ3v) is 4.31. The van der Waals surface area contributed by atoms with Gasteiger partial charge in [-0.05, 0) is 29.7 Å². The van der Waals surface area contributed by atoms with Crippen molar-refractivity contribution in [2.45, 2.75) is 25.8 Å². The lowest BCUT2D eigenvalue weighted by Gasteiger charge is -2.19. The monoisotopic (exact) mass is 368 g/mol. The second-order valence-electron chi connectivity index (χ2n) is 6.45. The van der Waals surface area contributed by atoms with Crippen LogP contribution in [-0.2, 0) is 16.0 Å². The third kappa shape index (κ3) is 5.48. The zero-order chi connectivity index (χ0) is 19.1. The molecule has 0 spiro atoms. The Labute approximate surface area is 158 Å². The van der Waals surface area contributed by atoms with Crippen LogP contribution in [-0.4, -0.2) is 31.6 Å². The molecule has 2 aromatic rings. The number of hydrogen-bond acceptors (Lipinski definition) is 4. The third-order valence-electron chi connectivity index (χ3n) is 4.31. The van der Waals surface area contributed by atoms with E-state index < -0.39 is 0 Å². The van der Waals surface area contributed by atoms with Gasteiger partial charge in [-0.25, -0.2) is 0 Å². The molecule has 0 unspecified atom stereocenters. The topological polar surface area (TPSA) is 76.7 Å². The van der Waals surface area contributed by atoms with E-state index in [1.165, 1.54) is 6.92 Å². The maximum absolute atomic E-state index is 12.3. The van der Waals surface area contributed by atoms with E-state index in [2.05, 4.69) is 10.6 Å². The van der Waals surface area contributed by atoms with Gasteiger partial charge in [0.25, 0.3) is 0 Å². The molecule has 2 N–H and O–H groups in total. The fourth-order valence-corrected chi connectivity index (χ4v) is 3.03. The Morgan fingerprint density at radius 1 is 1.04 bits per heavy atom. The molecular weight excluding hydrogens is 344 g/mol. The smallest absolute Gasteiger partial charge is 0.222 e. The van der Waals surface area contributed by atoms with Crippen molar-refractivity contribution in [1.82, 2.24) is 10.6 Å². The number of fused-ring (bicyclic) bond motifs is 1. The number of carbonyl (C=O) groups excluding carboxylic acids is 2. The summed E-state index contributed by atoms with van der Waals surface area (Å²) in [6, 6.07) is 15.0. The number of ether oxygens (including phenoxy) is 2. The molecule has 0 bridgehead atoms. The minimum absolute atomic E-state index is 0.102. The van der Waals surface area contributed by atoms with Crippen LogP contribution in [0.15, 0.2) is 48.5 Å². The van der Waals surface area contributed by atoms with Gasteiger partial charge >= 0.3 is 0 Å². The molecule has 1 aliphatic rings. The second-order valence-corrected chi connectivity index (χ2v) is 6.45. The number of amides is 2. The van der Waals surface area contributed by atoms with Gasteiger partial charge in [0.05, 0.1) is 12.5 Å². The summed E-state index contributed by atoms with van der Waals surface area (Å²) in [5.41, 5.74) is 1.98. The van der Waals surface area contributed by atoms with Crippen LogP contribution in [0, 0.1) is 0 Å². The predicted octanol–water partition coefficient (Wildman–Crippen LogP) is 2.38. The molecule has 1 heterocycles. The molecule has 6 nitrogen and oxygen atoms in total. The fraction of sp³-hybridized carbons (Fsp3) is 0.333. The summed E-state index contributed by atoms with van der Waals surface area (Å²) in [7, 11) is 0. The van der Waals surface area contributed by atoms with Gasteiger partial charge in [0, 0.05) is 13.5 Å². The van der Waals surface area contributed by atoms with Gasteiger partial charge < -0.3 is 20.1 Å². The molecule has 27 heavy (non-hydrogen) atoms. The minimum Gasteiger partial charge on any atom is -0.486 e. The summed E-state index contributed by atoms with van der Waals surface area (Å²) < 4.78 is 11.1. The molecule has 0 aromatic heterocycles. The number of hydrogen-bond donors (Lipinski definition) is 2. The van der Waals surface area contributed by atoms with Crippen LogP contribution in [0.25, 0.3) is 0 Å². The van der Waals surface area contributed by atoms with Crippen LogP contribution in [0.4, 0.5) is 0 Å². The number of nitrogens with one attached hydrogen (secondary N) is 2. The van der Waals surface area contributed by atoms with Crippen molar-refractivity contribution in [3.8, 4) is 11.5 Å². The first-order chi connectivity index (χ1) is 13.1. The minimum atomic E-state index is -0.335. The quantitative estimate of drug-likeness (QED) is 0.787. The Morgan fingerprint density at radius 2 is 1.78 bits per heavy atom. The van der Waals surface area contributed by atoms with Gasteiger partial charge in [-0.2, -0.15) is 0 Å². The standard InChI is InChI=1S/C21H24N2O4/c1-15(24)23-18(17-5-3-2-4-6-17)14-21(25)22-10-9-16-7-8-19-20(13-16)27-12-11-26-19/h2-8,13,18H,9-12,14H2,1H3,(H,22,25)(H,23,24)/t18-/m0/s1. The van der Waals surface area contributed by atoms with Gasteiger partial charge in [0.15, 0.2) is 11.5 Å². The molecule has 3 rings (SSSR count). The molecule has 1 atom stereocenters. The van der Waals surface area contributed by atoms with Crippen molar-refractivity contribution >= 4 is 11.8 Å². The van der Waals surface area contributed by atoms with E-state index in [4.69, 9.17) is 9.47 Å². The first-order valence-corrected chi connectivity index (χ1v) is 9.09. The van der Waals surface area contributed by atoms with Crippen LogP contribution >= 0.6 is 0 Å². The van der Waals surface area contributed by atoms with Gasteiger partial charge in [-0.15, -0.1) is 0 Å². The maximum Gasteiger partial charge on any atom is 0.222 e. The average molecular weight is 368 g/mol. The molecule has 0 aliphatic carbocycles. The highest BCUT2D eigenvalue weighted by molar-refractivity contribution is 5.79. The summed E-state index contributed by atoms with van der Waals surface area (Å²) in [5, 5.41) is 5.76. The highest BCUT2D eigenvalue weighted by Crippen LogP contribution is 2.30.